The molecule has 1 saturated heterocycles. The molecule has 2 aromatic rings. The average Bonchev–Trinajstić information content (AvgIpc) is 2.87. The molecule has 0 bridgehead atoms. The molecule has 1 N–H and O–H groups in total. The maximum Gasteiger partial charge on any atom is 0.273 e. The van der Waals surface area contributed by atoms with E-state index in [0.717, 1.165) is 11.9 Å². The third-order valence-electron chi connectivity index (χ3n) is 4.02. The molecule has 3 rings (SSSR count). The Labute approximate surface area is 142 Å². The highest BCUT2D eigenvalue weighted by molar-refractivity contribution is 6.02. The summed E-state index contributed by atoms with van der Waals surface area (Å²) in [7, 11) is 1.73. The summed E-state index contributed by atoms with van der Waals surface area (Å²) in [4.78, 5) is 29.9. The number of aromatic nitrogens is 3. The number of halogens is 2. The molecule has 3 heterocycles. The third kappa shape index (κ3) is 3.35. The lowest BCUT2D eigenvalue weighted by Crippen LogP contribution is -2.53. The summed E-state index contributed by atoms with van der Waals surface area (Å²) in [5, 5.41) is 6.70. The van der Waals surface area contributed by atoms with E-state index in [2.05, 4.69) is 15.4 Å². The Balaban J connectivity index is 1.77. The van der Waals surface area contributed by atoms with E-state index in [0.29, 0.717) is 31.3 Å². The minimum atomic E-state index is -1.07. The summed E-state index contributed by atoms with van der Waals surface area (Å²) in [6.45, 7) is 2.33. The Hall–Kier alpha value is -2.84. The van der Waals surface area contributed by atoms with E-state index in [-0.39, 0.29) is 5.91 Å². The van der Waals surface area contributed by atoms with Gasteiger partial charge in [-0.05, 0) is 19.8 Å². The molecule has 0 aliphatic carbocycles. The standard InChI is InChI=1S/C16H17F2N5O2/c1-9-6-13(22(2)21-9)23-5-3-4-12(16(23)25)20-15(24)14-11(18)7-10(17)8-19-14/h6-8,12H,3-5H2,1-2H3,(H,20,24). The summed E-state index contributed by atoms with van der Waals surface area (Å²) in [6.07, 6.45) is 1.85. The Morgan fingerprint density at radius 1 is 1.36 bits per heavy atom. The molecule has 132 valence electrons. The van der Waals surface area contributed by atoms with Gasteiger partial charge in [-0.1, -0.05) is 0 Å². The number of anilines is 1. The number of nitrogens with zero attached hydrogens (tertiary/aromatic N) is 4. The topological polar surface area (TPSA) is 80.1 Å². The van der Waals surface area contributed by atoms with Crippen LogP contribution in [0.4, 0.5) is 14.6 Å². The highest BCUT2D eigenvalue weighted by Crippen LogP contribution is 2.22. The predicted molar refractivity (Wildman–Crippen MR) is 84.9 cm³/mol. The fourth-order valence-electron chi connectivity index (χ4n) is 2.89. The number of nitrogens with one attached hydrogen (secondary N) is 1. The van der Waals surface area contributed by atoms with Gasteiger partial charge in [0.1, 0.15) is 17.7 Å². The van der Waals surface area contributed by atoms with Gasteiger partial charge in [0.15, 0.2) is 11.5 Å². The van der Waals surface area contributed by atoms with E-state index >= 15 is 0 Å². The first-order valence-electron chi connectivity index (χ1n) is 7.80. The Bertz CT molecular complexity index is 836. The quantitative estimate of drug-likeness (QED) is 0.907. The number of carbonyl (C=O) groups excluding carboxylic acids is 2. The number of rotatable bonds is 3. The molecule has 0 spiro atoms. The smallest absolute Gasteiger partial charge is 0.273 e. The molecule has 2 amide bonds. The van der Waals surface area contributed by atoms with Gasteiger partial charge in [0, 0.05) is 25.7 Å². The van der Waals surface area contributed by atoms with Crippen molar-refractivity contribution in [1.82, 2.24) is 20.1 Å². The maximum atomic E-state index is 13.7. The van der Waals surface area contributed by atoms with Crippen LogP contribution in [0.15, 0.2) is 18.3 Å². The van der Waals surface area contributed by atoms with Gasteiger partial charge < -0.3 is 5.32 Å². The van der Waals surface area contributed by atoms with Gasteiger partial charge in [-0.3, -0.25) is 19.2 Å². The average molecular weight is 349 g/mol. The van der Waals surface area contributed by atoms with Crippen molar-refractivity contribution >= 4 is 17.6 Å². The van der Waals surface area contributed by atoms with Crippen LogP contribution in [0, 0.1) is 18.6 Å². The van der Waals surface area contributed by atoms with E-state index in [1.807, 2.05) is 6.92 Å². The van der Waals surface area contributed by atoms with E-state index in [1.54, 1.807) is 22.7 Å². The minimum Gasteiger partial charge on any atom is -0.339 e. The van der Waals surface area contributed by atoms with Gasteiger partial charge in [-0.15, -0.1) is 0 Å². The van der Waals surface area contributed by atoms with Crippen molar-refractivity contribution in [3.8, 4) is 0 Å². The fraction of sp³-hybridized carbons (Fsp3) is 0.375. The van der Waals surface area contributed by atoms with Crippen LogP contribution in [-0.4, -0.2) is 39.2 Å². The summed E-state index contributed by atoms with van der Waals surface area (Å²) >= 11 is 0. The molecule has 1 aliphatic rings. The van der Waals surface area contributed by atoms with Crippen molar-refractivity contribution in [3.05, 3.63) is 41.4 Å². The lowest BCUT2D eigenvalue weighted by atomic mass is 10.0. The zero-order valence-corrected chi connectivity index (χ0v) is 13.8. The Morgan fingerprint density at radius 2 is 2.12 bits per heavy atom. The number of amides is 2. The number of hydrogen-bond acceptors (Lipinski definition) is 4. The second kappa shape index (κ2) is 6.58. The van der Waals surface area contributed by atoms with E-state index in [1.165, 1.54) is 0 Å². The number of pyridine rings is 1. The zero-order valence-electron chi connectivity index (χ0n) is 13.8. The molecule has 9 heteroatoms. The molecule has 1 atom stereocenters. The molecule has 1 unspecified atom stereocenters. The second-order valence-electron chi connectivity index (χ2n) is 5.91. The molecule has 7 nitrogen and oxygen atoms in total. The molecule has 1 aliphatic heterocycles. The van der Waals surface area contributed by atoms with Crippen LogP contribution in [0.5, 0.6) is 0 Å². The molecule has 0 saturated carbocycles. The first-order chi connectivity index (χ1) is 11.9. The van der Waals surface area contributed by atoms with Crippen LogP contribution < -0.4 is 10.2 Å². The van der Waals surface area contributed by atoms with E-state index in [9.17, 15) is 18.4 Å². The van der Waals surface area contributed by atoms with Crippen molar-refractivity contribution in [1.29, 1.82) is 0 Å². The SMILES string of the molecule is Cc1cc(N2CCCC(NC(=O)c3ncc(F)cc3F)C2=O)n(C)n1. The van der Waals surface area contributed by atoms with Crippen LogP contribution >= 0.6 is 0 Å². The summed E-state index contributed by atoms with van der Waals surface area (Å²) in [5.74, 6) is -2.46. The normalized spacial score (nSPS) is 17.7. The summed E-state index contributed by atoms with van der Waals surface area (Å²) in [5.41, 5.74) is 0.233. The number of hydrogen-bond donors (Lipinski definition) is 1. The lowest BCUT2D eigenvalue weighted by molar-refractivity contribution is -0.121. The largest absolute Gasteiger partial charge is 0.339 e. The highest BCUT2D eigenvalue weighted by Gasteiger charge is 2.33. The molecule has 25 heavy (non-hydrogen) atoms. The monoisotopic (exact) mass is 349 g/mol. The number of aryl methyl sites for hydroxylation is 2. The van der Waals surface area contributed by atoms with Gasteiger partial charge in [-0.2, -0.15) is 5.10 Å². The Morgan fingerprint density at radius 3 is 2.76 bits per heavy atom. The van der Waals surface area contributed by atoms with Crippen LogP contribution in [0.2, 0.25) is 0 Å². The predicted octanol–water partition coefficient (Wildman–Crippen LogP) is 1.33. The first kappa shape index (κ1) is 17.0. The van der Waals surface area contributed by atoms with Crippen molar-refractivity contribution < 1.29 is 18.4 Å². The molecular weight excluding hydrogens is 332 g/mol. The fourth-order valence-corrected chi connectivity index (χ4v) is 2.89. The van der Waals surface area contributed by atoms with Gasteiger partial charge in [0.25, 0.3) is 11.8 Å². The van der Waals surface area contributed by atoms with Crippen molar-refractivity contribution in [2.75, 3.05) is 11.4 Å². The van der Waals surface area contributed by atoms with Gasteiger partial charge in [0.2, 0.25) is 0 Å². The number of carbonyl (C=O) groups is 2. The maximum absolute atomic E-state index is 13.7. The highest BCUT2D eigenvalue weighted by atomic mass is 19.1. The minimum absolute atomic E-state index is 0.301. The molecular formula is C16H17F2N5O2. The lowest BCUT2D eigenvalue weighted by Gasteiger charge is -2.32. The van der Waals surface area contributed by atoms with E-state index in [4.69, 9.17) is 0 Å². The Kier molecular flexibility index (Phi) is 4.47. The van der Waals surface area contributed by atoms with Crippen LogP contribution in [0.3, 0.4) is 0 Å². The molecule has 0 radical (unpaired) electrons. The summed E-state index contributed by atoms with van der Waals surface area (Å²) in [6, 6.07) is 1.56. The van der Waals surface area contributed by atoms with Gasteiger partial charge in [-0.25, -0.2) is 13.8 Å². The van der Waals surface area contributed by atoms with Gasteiger partial charge >= 0.3 is 0 Å². The summed E-state index contributed by atoms with van der Waals surface area (Å²) < 4.78 is 28.2. The molecule has 2 aromatic heterocycles. The number of piperidine rings is 1. The molecule has 1 fully saturated rings. The van der Waals surface area contributed by atoms with Crippen molar-refractivity contribution in [2.24, 2.45) is 7.05 Å². The molecule has 0 aromatic carbocycles. The van der Waals surface area contributed by atoms with Crippen molar-refractivity contribution in [2.45, 2.75) is 25.8 Å². The van der Waals surface area contributed by atoms with Crippen LogP contribution in [0.25, 0.3) is 0 Å². The first-order valence-corrected chi connectivity index (χ1v) is 7.80. The van der Waals surface area contributed by atoms with E-state index < -0.39 is 29.3 Å². The van der Waals surface area contributed by atoms with Gasteiger partial charge in [0.05, 0.1) is 11.9 Å². The zero-order chi connectivity index (χ0) is 18.1. The third-order valence-corrected chi connectivity index (χ3v) is 4.02. The van der Waals surface area contributed by atoms with Crippen LogP contribution in [-0.2, 0) is 11.8 Å². The van der Waals surface area contributed by atoms with Crippen LogP contribution in [0.1, 0.15) is 29.0 Å². The van der Waals surface area contributed by atoms with Crippen molar-refractivity contribution in [3.63, 3.8) is 0 Å². The second-order valence-corrected chi connectivity index (χ2v) is 5.91.